The fourth-order valence-electron chi connectivity index (χ4n) is 3.57. The minimum absolute atomic E-state index is 0.225. The summed E-state index contributed by atoms with van der Waals surface area (Å²) in [5.74, 6) is -1.13. The number of likely N-dealkylation sites (tertiary alicyclic amines) is 1. The number of benzene rings is 1. The number of carbonyl (C=O) groups excluding carboxylic acids is 2. The maximum absolute atomic E-state index is 13.0. The number of amides is 2. The lowest BCUT2D eigenvalue weighted by Crippen LogP contribution is -2.39. The molecule has 0 saturated carbocycles. The fraction of sp³-hybridized carbons (Fsp3) is 0.316. The van der Waals surface area contributed by atoms with Gasteiger partial charge in [0.25, 0.3) is 5.91 Å². The highest BCUT2D eigenvalue weighted by atomic mass is 16.7. The first kappa shape index (κ1) is 16.7. The van der Waals surface area contributed by atoms with E-state index in [4.69, 9.17) is 9.57 Å². The smallest absolute Gasteiger partial charge is 0.262 e. The van der Waals surface area contributed by atoms with E-state index in [9.17, 15) is 9.59 Å². The highest BCUT2D eigenvalue weighted by Crippen LogP contribution is 2.46. The van der Waals surface area contributed by atoms with Crippen molar-refractivity contribution >= 4 is 17.5 Å². The maximum atomic E-state index is 13.0. The quantitative estimate of drug-likeness (QED) is 0.760. The molecule has 7 nitrogen and oxygen atoms in total. The third-order valence-corrected chi connectivity index (χ3v) is 4.78. The van der Waals surface area contributed by atoms with Gasteiger partial charge in [-0.1, -0.05) is 18.2 Å². The number of nitrogens with zero attached hydrogens (tertiary/aromatic N) is 3. The van der Waals surface area contributed by atoms with E-state index in [2.05, 4.69) is 4.98 Å². The molecule has 134 valence electrons. The Labute approximate surface area is 151 Å². The summed E-state index contributed by atoms with van der Waals surface area (Å²) in [5, 5.41) is 1.67. The Bertz CT molecular complexity index is 799. The molecule has 2 aliphatic rings. The van der Waals surface area contributed by atoms with Crippen LogP contribution in [0.1, 0.15) is 11.6 Å². The average molecular weight is 353 g/mol. The second-order valence-electron chi connectivity index (χ2n) is 6.26. The summed E-state index contributed by atoms with van der Waals surface area (Å²) in [6, 6.07) is 12.8. The van der Waals surface area contributed by atoms with Gasteiger partial charge in [0.2, 0.25) is 5.91 Å². The molecule has 7 heteroatoms. The topological polar surface area (TPSA) is 72.0 Å². The number of anilines is 1. The molecule has 0 N–H and O–H groups in total. The number of pyridine rings is 1. The van der Waals surface area contributed by atoms with Gasteiger partial charge in [0.15, 0.2) is 6.10 Å². The number of rotatable bonds is 5. The zero-order chi connectivity index (χ0) is 18.1. The lowest BCUT2D eigenvalue weighted by molar-refractivity contribution is -0.143. The molecule has 2 aromatic rings. The molecule has 4 rings (SSSR count). The Morgan fingerprint density at radius 3 is 2.50 bits per heavy atom. The molecule has 1 aromatic heterocycles. The molecule has 2 amide bonds. The predicted molar refractivity (Wildman–Crippen MR) is 92.9 cm³/mol. The van der Waals surface area contributed by atoms with Crippen molar-refractivity contribution < 1.29 is 19.2 Å². The normalized spacial score (nSPS) is 25.0. The largest absolute Gasteiger partial charge is 0.383 e. The van der Waals surface area contributed by atoms with Gasteiger partial charge in [-0.05, 0) is 29.8 Å². The maximum Gasteiger partial charge on any atom is 0.262 e. The molecule has 0 radical (unpaired) electrons. The van der Waals surface area contributed by atoms with Crippen LogP contribution in [0.2, 0.25) is 0 Å². The van der Waals surface area contributed by atoms with E-state index in [0.717, 1.165) is 11.3 Å². The average Bonchev–Trinajstić information content (AvgIpc) is 3.19. The van der Waals surface area contributed by atoms with Crippen LogP contribution < -0.4 is 5.06 Å². The van der Waals surface area contributed by atoms with Gasteiger partial charge in [0.1, 0.15) is 5.92 Å². The van der Waals surface area contributed by atoms with Crippen molar-refractivity contribution in [2.24, 2.45) is 5.92 Å². The van der Waals surface area contributed by atoms with Gasteiger partial charge in [-0.25, -0.2) is 5.06 Å². The molecule has 3 atom stereocenters. The first-order valence-electron chi connectivity index (χ1n) is 8.47. The summed E-state index contributed by atoms with van der Waals surface area (Å²) in [6.07, 6.45) is 2.53. The zero-order valence-corrected chi connectivity index (χ0v) is 14.3. The Morgan fingerprint density at radius 2 is 1.81 bits per heavy atom. The number of aromatic nitrogens is 1. The van der Waals surface area contributed by atoms with Crippen LogP contribution in [0.3, 0.4) is 0 Å². The van der Waals surface area contributed by atoms with E-state index in [0.29, 0.717) is 6.61 Å². The Morgan fingerprint density at radius 1 is 1.08 bits per heavy atom. The van der Waals surface area contributed by atoms with E-state index in [1.54, 1.807) is 24.6 Å². The van der Waals surface area contributed by atoms with Crippen LogP contribution in [0.25, 0.3) is 0 Å². The standard InChI is InChI=1S/C19H19N3O4/c1-25-12-11-21-18(23)15-16(13-7-9-20-10-8-13)22(26-17(15)19(21)24)14-5-3-2-4-6-14/h2-10,15-17H,11-12H2,1H3/t15-,16-,17+/m0/s1. The van der Waals surface area contributed by atoms with Crippen molar-refractivity contribution in [2.45, 2.75) is 12.1 Å². The summed E-state index contributed by atoms with van der Waals surface area (Å²) in [6.45, 7) is 0.540. The van der Waals surface area contributed by atoms with Crippen molar-refractivity contribution in [3.8, 4) is 0 Å². The van der Waals surface area contributed by atoms with Gasteiger partial charge in [-0.2, -0.15) is 0 Å². The van der Waals surface area contributed by atoms with Crippen LogP contribution >= 0.6 is 0 Å². The predicted octanol–water partition coefficient (Wildman–Crippen LogP) is 1.57. The monoisotopic (exact) mass is 353 g/mol. The summed E-state index contributed by atoms with van der Waals surface area (Å²) in [7, 11) is 1.54. The van der Waals surface area contributed by atoms with Crippen LogP contribution in [0.15, 0.2) is 54.9 Å². The number of hydrogen-bond donors (Lipinski definition) is 0. The minimum atomic E-state index is -0.822. The zero-order valence-electron chi connectivity index (χ0n) is 14.3. The molecule has 0 spiro atoms. The van der Waals surface area contributed by atoms with Crippen molar-refractivity contribution in [2.75, 3.05) is 25.3 Å². The van der Waals surface area contributed by atoms with Gasteiger partial charge >= 0.3 is 0 Å². The Hall–Kier alpha value is -2.77. The molecule has 0 aliphatic carbocycles. The van der Waals surface area contributed by atoms with Crippen molar-refractivity contribution in [3.05, 3.63) is 60.4 Å². The molecular formula is C19H19N3O4. The van der Waals surface area contributed by atoms with Gasteiger partial charge in [-0.3, -0.25) is 24.3 Å². The van der Waals surface area contributed by atoms with E-state index in [1.165, 1.54) is 4.90 Å². The van der Waals surface area contributed by atoms with E-state index < -0.39 is 18.1 Å². The number of methoxy groups -OCH3 is 1. The minimum Gasteiger partial charge on any atom is -0.383 e. The summed E-state index contributed by atoms with van der Waals surface area (Å²) in [5.41, 5.74) is 1.68. The Balaban J connectivity index is 1.73. The molecular weight excluding hydrogens is 334 g/mol. The van der Waals surface area contributed by atoms with Crippen LogP contribution in [0.4, 0.5) is 5.69 Å². The second kappa shape index (κ2) is 6.86. The molecule has 0 unspecified atom stereocenters. The second-order valence-corrected chi connectivity index (χ2v) is 6.26. The molecule has 0 bridgehead atoms. The lowest BCUT2D eigenvalue weighted by Gasteiger charge is -2.28. The third kappa shape index (κ3) is 2.65. The van der Waals surface area contributed by atoms with Gasteiger partial charge in [-0.15, -0.1) is 0 Å². The molecule has 2 aliphatic heterocycles. The van der Waals surface area contributed by atoms with Crippen molar-refractivity contribution in [3.63, 3.8) is 0 Å². The van der Waals surface area contributed by atoms with Crippen LogP contribution in [-0.4, -0.2) is 48.1 Å². The summed E-state index contributed by atoms with van der Waals surface area (Å²) in [4.78, 5) is 37.0. The van der Waals surface area contributed by atoms with E-state index in [1.807, 2.05) is 42.5 Å². The molecule has 26 heavy (non-hydrogen) atoms. The highest BCUT2D eigenvalue weighted by Gasteiger charge is 2.59. The first-order valence-corrected chi connectivity index (χ1v) is 8.47. The molecule has 2 saturated heterocycles. The molecule has 1 aromatic carbocycles. The van der Waals surface area contributed by atoms with Crippen LogP contribution in [-0.2, 0) is 19.2 Å². The van der Waals surface area contributed by atoms with Gasteiger partial charge in [0, 0.05) is 19.5 Å². The number of para-hydroxylation sites is 1. The third-order valence-electron chi connectivity index (χ3n) is 4.78. The van der Waals surface area contributed by atoms with Gasteiger partial charge in [0.05, 0.1) is 24.9 Å². The van der Waals surface area contributed by atoms with E-state index >= 15 is 0 Å². The number of carbonyl (C=O) groups is 2. The van der Waals surface area contributed by atoms with Crippen molar-refractivity contribution in [1.82, 2.24) is 9.88 Å². The highest BCUT2D eigenvalue weighted by molar-refractivity contribution is 6.07. The fourth-order valence-corrected chi connectivity index (χ4v) is 3.57. The van der Waals surface area contributed by atoms with E-state index in [-0.39, 0.29) is 18.4 Å². The van der Waals surface area contributed by atoms with Crippen LogP contribution in [0, 0.1) is 5.92 Å². The number of ether oxygens (including phenoxy) is 1. The number of fused-ring (bicyclic) bond motifs is 1. The van der Waals surface area contributed by atoms with Crippen molar-refractivity contribution in [1.29, 1.82) is 0 Å². The summed E-state index contributed by atoms with van der Waals surface area (Å²) < 4.78 is 5.02. The lowest BCUT2D eigenvalue weighted by atomic mass is 9.91. The first-order chi connectivity index (χ1) is 12.7. The molecule has 2 fully saturated rings. The number of hydroxylamine groups is 1. The SMILES string of the molecule is COCCN1C(=O)[C@@H]2[C@@H](ON(c3ccccc3)[C@H]2c2ccncc2)C1=O. The Kier molecular flexibility index (Phi) is 4.40. The van der Waals surface area contributed by atoms with Gasteiger partial charge < -0.3 is 4.74 Å². The summed E-state index contributed by atoms with van der Waals surface area (Å²) >= 11 is 0. The number of hydrogen-bond acceptors (Lipinski definition) is 6. The molecule has 3 heterocycles. The number of imide groups is 1. The van der Waals surface area contributed by atoms with Crippen LogP contribution in [0.5, 0.6) is 0 Å².